The predicted octanol–water partition coefficient (Wildman–Crippen LogP) is 6.02. The SMILES string of the molecule is COc1cc(Cl)cc(C=Nn2c(-c3cc4cc(Br)ccc4o3)nc3ccccc3c2=O)c1OCC#N. The summed E-state index contributed by atoms with van der Waals surface area (Å²) in [5.74, 6) is 1.18. The van der Waals surface area contributed by atoms with Crippen molar-refractivity contribution in [2.75, 3.05) is 13.7 Å². The van der Waals surface area contributed by atoms with Crippen molar-refractivity contribution >= 4 is 55.6 Å². The minimum absolute atomic E-state index is 0.212. The summed E-state index contributed by atoms with van der Waals surface area (Å²) in [6.07, 6.45) is 1.40. The van der Waals surface area contributed by atoms with Crippen LogP contribution >= 0.6 is 27.5 Å². The molecule has 0 aliphatic heterocycles. The summed E-state index contributed by atoms with van der Waals surface area (Å²) in [5, 5.41) is 15.0. The van der Waals surface area contributed by atoms with E-state index in [9.17, 15) is 4.79 Å². The second-order valence-electron chi connectivity index (χ2n) is 7.58. The number of rotatable bonds is 6. The fraction of sp³-hybridized carbons (Fsp3) is 0.0769. The number of ether oxygens (including phenoxy) is 2. The van der Waals surface area contributed by atoms with Gasteiger partial charge in [0.05, 0.1) is 24.2 Å². The minimum Gasteiger partial charge on any atom is -0.493 e. The van der Waals surface area contributed by atoms with Crippen molar-refractivity contribution in [3.63, 3.8) is 0 Å². The largest absolute Gasteiger partial charge is 0.493 e. The second-order valence-corrected chi connectivity index (χ2v) is 8.93. The molecule has 0 bridgehead atoms. The van der Waals surface area contributed by atoms with Crippen LogP contribution in [0, 0.1) is 11.3 Å². The van der Waals surface area contributed by atoms with Gasteiger partial charge >= 0.3 is 0 Å². The molecule has 0 spiro atoms. The summed E-state index contributed by atoms with van der Waals surface area (Å²) < 4.78 is 19.0. The Kier molecular flexibility index (Phi) is 6.46. The Morgan fingerprint density at radius 1 is 1.22 bits per heavy atom. The van der Waals surface area contributed by atoms with Crippen molar-refractivity contribution in [2.45, 2.75) is 0 Å². The zero-order chi connectivity index (χ0) is 25.2. The average molecular weight is 564 g/mol. The monoisotopic (exact) mass is 562 g/mol. The number of halogens is 2. The quantitative estimate of drug-likeness (QED) is 0.234. The van der Waals surface area contributed by atoms with Gasteiger partial charge in [-0.3, -0.25) is 4.79 Å². The van der Waals surface area contributed by atoms with E-state index in [1.165, 1.54) is 13.3 Å². The number of nitriles is 1. The highest BCUT2D eigenvalue weighted by atomic mass is 79.9. The topological polar surface area (TPSA) is 103 Å². The molecule has 36 heavy (non-hydrogen) atoms. The van der Waals surface area contributed by atoms with Crippen molar-refractivity contribution in [1.82, 2.24) is 9.66 Å². The van der Waals surface area contributed by atoms with E-state index < -0.39 is 0 Å². The maximum absolute atomic E-state index is 13.5. The molecular weight excluding hydrogens is 548 g/mol. The van der Waals surface area contributed by atoms with Crippen molar-refractivity contribution in [3.8, 4) is 29.2 Å². The van der Waals surface area contributed by atoms with Crippen LogP contribution in [0.5, 0.6) is 11.5 Å². The number of nitrogens with zero attached hydrogens (tertiary/aromatic N) is 4. The first-order valence-corrected chi connectivity index (χ1v) is 11.8. The lowest BCUT2D eigenvalue weighted by Crippen LogP contribution is -2.20. The Morgan fingerprint density at radius 3 is 2.86 bits per heavy atom. The number of para-hydroxylation sites is 1. The fourth-order valence-corrected chi connectivity index (χ4v) is 4.33. The fourth-order valence-electron chi connectivity index (χ4n) is 3.73. The molecule has 0 fully saturated rings. The average Bonchev–Trinajstić information content (AvgIpc) is 3.30. The van der Waals surface area contributed by atoms with Gasteiger partial charge in [-0.15, -0.1) is 0 Å². The minimum atomic E-state index is -0.387. The molecule has 0 saturated heterocycles. The molecule has 0 unspecified atom stereocenters. The van der Waals surface area contributed by atoms with E-state index in [2.05, 4.69) is 26.0 Å². The Hall–Kier alpha value is -4.13. The molecule has 2 aromatic heterocycles. The first kappa shape index (κ1) is 23.6. The molecule has 0 aliphatic rings. The Balaban J connectivity index is 1.72. The summed E-state index contributed by atoms with van der Waals surface area (Å²) in [4.78, 5) is 18.2. The summed E-state index contributed by atoms with van der Waals surface area (Å²) in [5.41, 5.74) is 1.17. The number of furan rings is 1. The third kappa shape index (κ3) is 4.44. The highest BCUT2D eigenvalue weighted by molar-refractivity contribution is 9.10. The van der Waals surface area contributed by atoms with Gasteiger partial charge in [-0.25, -0.2) is 4.98 Å². The zero-order valence-corrected chi connectivity index (χ0v) is 21.1. The first-order valence-electron chi connectivity index (χ1n) is 10.6. The van der Waals surface area contributed by atoms with E-state index in [4.69, 9.17) is 30.8 Å². The van der Waals surface area contributed by atoms with Crippen LogP contribution in [-0.2, 0) is 0 Å². The van der Waals surface area contributed by atoms with Gasteiger partial charge < -0.3 is 13.9 Å². The van der Waals surface area contributed by atoms with E-state index in [0.717, 1.165) is 14.5 Å². The maximum Gasteiger partial charge on any atom is 0.282 e. The summed E-state index contributed by atoms with van der Waals surface area (Å²) in [6.45, 7) is -0.212. The zero-order valence-electron chi connectivity index (χ0n) is 18.7. The van der Waals surface area contributed by atoms with Gasteiger partial charge in [-0.2, -0.15) is 15.0 Å². The van der Waals surface area contributed by atoms with Crippen LogP contribution in [0.1, 0.15) is 5.56 Å². The standard InChI is InChI=1S/C26H16BrClN4O4/c1-34-22-13-18(28)11-16(24(22)35-9-8-29)14-30-32-25(31-20-5-3-2-4-19(20)26(32)33)23-12-15-10-17(27)6-7-21(15)36-23/h2-7,10-14H,9H2,1H3. The molecule has 5 rings (SSSR count). The van der Waals surface area contributed by atoms with E-state index in [0.29, 0.717) is 38.6 Å². The lowest BCUT2D eigenvalue weighted by Gasteiger charge is -2.12. The first-order chi connectivity index (χ1) is 17.5. The number of fused-ring (bicyclic) bond motifs is 2. The van der Waals surface area contributed by atoms with Crippen molar-refractivity contribution in [3.05, 3.63) is 86.1 Å². The molecule has 178 valence electrons. The molecule has 0 aliphatic carbocycles. The molecule has 0 N–H and O–H groups in total. The molecular formula is C26H16BrClN4O4. The van der Waals surface area contributed by atoms with E-state index in [-0.39, 0.29) is 23.7 Å². The molecule has 0 atom stereocenters. The molecule has 3 aromatic carbocycles. The van der Waals surface area contributed by atoms with Crippen LogP contribution in [-0.4, -0.2) is 29.6 Å². The van der Waals surface area contributed by atoms with Crippen LogP contribution in [0.25, 0.3) is 33.5 Å². The number of hydrogen-bond donors (Lipinski definition) is 0. The van der Waals surface area contributed by atoms with E-state index in [1.807, 2.05) is 24.3 Å². The third-order valence-corrected chi connectivity index (χ3v) is 6.03. The van der Waals surface area contributed by atoms with Gasteiger partial charge in [0.15, 0.2) is 23.9 Å². The smallest absolute Gasteiger partial charge is 0.282 e. The predicted molar refractivity (Wildman–Crippen MR) is 141 cm³/mol. The van der Waals surface area contributed by atoms with Crippen LogP contribution in [0.4, 0.5) is 0 Å². The van der Waals surface area contributed by atoms with Gasteiger partial charge in [0.2, 0.25) is 5.82 Å². The summed E-state index contributed by atoms with van der Waals surface area (Å²) in [6, 6.07) is 19.5. The van der Waals surface area contributed by atoms with E-state index >= 15 is 0 Å². The van der Waals surface area contributed by atoms with Crippen LogP contribution < -0.4 is 15.0 Å². The number of methoxy groups -OCH3 is 1. The maximum atomic E-state index is 13.5. The normalized spacial score (nSPS) is 11.3. The lowest BCUT2D eigenvalue weighted by atomic mass is 10.2. The molecule has 5 aromatic rings. The molecule has 0 amide bonds. The Labute approximate surface area is 218 Å². The van der Waals surface area contributed by atoms with Crippen LogP contribution in [0.15, 0.2) is 79.4 Å². The van der Waals surface area contributed by atoms with Crippen LogP contribution in [0.3, 0.4) is 0 Å². The highest BCUT2D eigenvalue weighted by Crippen LogP contribution is 2.34. The van der Waals surface area contributed by atoms with Gasteiger partial charge in [0, 0.05) is 26.5 Å². The summed E-state index contributed by atoms with van der Waals surface area (Å²) >= 11 is 9.71. The number of benzene rings is 3. The van der Waals surface area contributed by atoms with Gasteiger partial charge in [0.1, 0.15) is 11.7 Å². The van der Waals surface area contributed by atoms with Crippen molar-refractivity contribution < 1.29 is 13.9 Å². The van der Waals surface area contributed by atoms with Gasteiger partial charge in [-0.05, 0) is 42.5 Å². The van der Waals surface area contributed by atoms with E-state index in [1.54, 1.807) is 42.5 Å². The number of aromatic nitrogens is 2. The number of hydrogen-bond acceptors (Lipinski definition) is 7. The second kappa shape index (κ2) is 9.85. The van der Waals surface area contributed by atoms with Gasteiger partial charge in [0.25, 0.3) is 5.56 Å². The molecule has 8 nitrogen and oxygen atoms in total. The Bertz CT molecular complexity index is 1750. The van der Waals surface area contributed by atoms with Crippen LogP contribution in [0.2, 0.25) is 5.02 Å². The lowest BCUT2D eigenvalue weighted by molar-refractivity contribution is 0.329. The molecule has 2 heterocycles. The van der Waals surface area contributed by atoms with Gasteiger partial charge in [-0.1, -0.05) is 39.7 Å². The van der Waals surface area contributed by atoms with Crippen molar-refractivity contribution in [1.29, 1.82) is 5.26 Å². The molecule has 10 heteroatoms. The third-order valence-electron chi connectivity index (χ3n) is 5.31. The molecule has 0 radical (unpaired) electrons. The molecule has 0 saturated carbocycles. The highest BCUT2D eigenvalue weighted by Gasteiger charge is 2.17. The van der Waals surface area contributed by atoms with Crippen molar-refractivity contribution in [2.24, 2.45) is 5.10 Å². The summed E-state index contributed by atoms with van der Waals surface area (Å²) in [7, 11) is 1.46. The Morgan fingerprint density at radius 2 is 2.06 bits per heavy atom.